The maximum absolute atomic E-state index is 2.35. The van der Waals surface area contributed by atoms with Gasteiger partial charge in [-0.25, -0.2) is 0 Å². The van der Waals surface area contributed by atoms with E-state index in [9.17, 15) is 0 Å². The second kappa shape index (κ2) is 0.812. The molecule has 0 spiro atoms. The first-order valence-electron chi connectivity index (χ1n) is 3.37. The van der Waals surface area contributed by atoms with Crippen LogP contribution in [0.15, 0.2) is 23.3 Å². The van der Waals surface area contributed by atoms with Crippen LogP contribution in [0.1, 0.15) is 12.8 Å². The molecule has 0 heteroatoms. The summed E-state index contributed by atoms with van der Waals surface area (Å²) < 4.78 is 0. The molecule has 8 heavy (non-hydrogen) atoms. The Morgan fingerprint density at radius 2 is 1.50 bits per heavy atom. The van der Waals surface area contributed by atoms with Gasteiger partial charge in [0.25, 0.3) is 0 Å². The summed E-state index contributed by atoms with van der Waals surface area (Å²) in [7, 11) is 0. The van der Waals surface area contributed by atoms with Crippen molar-refractivity contribution >= 4 is 0 Å². The van der Waals surface area contributed by atoms with E-state index in [1.54, 1.807) is 11.1 Å². The Morgan fingerprint density at radius 3 is 1.62 bits per heavy atom. The highest BCUT2D eigenvalue weighted by molar-refractivity contribution is 5.50. The monoisotopic (exact) mass is 104 g/mol. The van der Waals surface area contributed by atoms with Gasteiger partial charge < -0.3 is 0 Å². The minimum Gasteiger partial charge on any atom is -0.0798 e. The molecule has 2 unspecified atom stereocenters. The molecule has 3 rings (SSSR count). The van der Waals surface area contributed by atoms with Gasteiger partial charge in [-0.2, -0.15) is 0 Å². The van der Waals surface area contributed by atoms with Crippen molar-refractivity contribution in [3.8, 4) is 0 Å². The zero-order valence-electron chi connectivity index (χ0n) is 4.72. The van der Waals surface area contributed by atoms with Crippen molar-refractivity contribution in [3.63, 3.8) is 0 Å². The SMILES string of the molecule is C1=CC2C3=C(CC3)C12. The van der Waals surface area contributed by atoms with Gasteiger partial charge in [0, 0.05) is 11.8 Å². The molecular formula is C8H8. The van der Waals surface area contributed by atoms with Crippen LogP contribution in [0.25, 0.3) is 0 Å². The van der Waals surface area contributed by atoms with Crippen molar-refractivity contribution in [2.45, 2.75) is 12.8 Å². The standard InChI is InChI=1S/C8H8/c1-2-6-5(1)7-3-4-8(6)7/h1-2,5-6H,3-4H2. The molecule has 0 bridgehead atoms. The molecule has 0 nitrogen and oxygen atoms in total. The Kier molecular flexibility index (Phi) is 0.355. The Labute approximate surface area is 48.9 Å². The quantitative estimate of drug-likeness (QED) is 0.412. The normalized spacial score (nSPS) is 46.0. The second-order valence-electron chi connectivity index (χ2n) is 2.99. The van der Waals surface area contributed by atoms with Crippen LogP contribution in [-0.2, 0) is 0 Å². The molecule has 0 fully saturated rings. The van der Waals surface area contributed by atoms with E-state index in [1.165, 1.54) is 12.8 Å². The minimum atomic E-state index is 0.943. The summed E-state index contributed by atoms with van der Waals surface area (Å²) in [6.07, 6.45) is 7.53. The maximum atomic E-state index is 2.35. The summed E-state index contributed by atoms with van der Waals surface area (Å²) in [5.41, 5.74) is 3.58. The third-order valence-corrected chi connectivity index (χ3v) is 2.79. The number of hydrogen-bond donors (Lipinski definition) is 0. The van der Waals surface area contributed by atoms with Gasteiger partial charge in [0.15, 0.2) is 0 Å². The molecule has 0 heterocycles. The van der Waals surface area contributed by atoms with E-state index in [-0.39, 0.29) is 0 Å². The van der Waals surface area contributed by atoms with E-state index < -0.39 is 0 Å². The second-order valence-corrected chi connectivity index (χ2v) is 2.99. The minimum absolute atomic E-state index is 0.943. The lowest BCUT2D eigenvalue weighted by Crippen LogP contribution is -2.39. The fourth-order valence-corrected chi connectivity index (χ4v) is 2.08. The lowest BCUT2D eigenvalue weighted by atomic mass is 9.53. The number of allylic oxidation sites excluding steroid dienone is 4. The summed E-state index contributed by atoms with van der Waals surface area (Å²) in [5, 5.41) is 0. The van der Waals surface area contributed by atoms with E-state index in [0.717, 1.165) is 11.8 Å². The average molecular weight is 104 g/mol. The van der Waals surface area contributed by atoms with Crippen molar-refractivity contribution in [1.82, 2.24) is 0 Å². The van der Waals surface area contributed by atoms with Gasteiger partial charge >= 0.3 is 0 Å². The molecule has 0 saturated carbocycles. The smallest absolute Gasteiger partial charge is 0.00803 e. The van der Waals surface area contributed by atoms with E-state index in [1.807, 2.05) is 0 Å². The molecule has 0 aliphatic heterocycles. The molecule has 0 aromatic rings. The van der Waals surface area contributed by atoms with Crippen molar-refractivity contribution in [2.75, 3.05) is 0 Å². The van der Waals surface area contributed by atoms with Gasteiger partial charge in [0.05, 0.1) is 0 Å². The van der Waals surface area contributed by atoms with Crippen LogP contribution >= 0.6 is 0 Å². The Bertz CT molecular complexity index is 186. The summed E-state index contributed by atoms with van der Waals surface area (Å²) in [5.74, 6) is 1.89. The molecule has 0 N–H and O–H groups in total. The first-order chi connectivity index (χ1) is 3.97. The first-order valence-corrected chi connectivity index (χ1v) is 3.37. The van der Waals surface area contributed by atoms with Crippen LogP contribution in [0.2, 0.25) is 0 Å². The average Bonchev–Trinajstić information content (AvgIpc) is 1.70. The molecule has 0 aromatic heterocycles. The maximum Gasteiger partial charge on any atom is 0.00803 e. The molecular weight excluding hydrogens is 96.1 g/mol. The zero-order valence-corrected chi connectivity index (χ0v) is 4.72. The predicted molar refractivity (Wildman–Crippen MR) is 32.4 cm³/mol. The summed E-state index contributed by atoms with van der Waals surface area (Å²) in [6, 6.07) is 0. The summed E-state index contributed by atoms with van der Waals surface area (Å²) >= 11 is 0. The summed E-state index contributed by atoms with van der Waals surface area (Å²) in [6.45, 7) is 0. The largest absolute Gasteiger partial charge is 0.0798 e. The number of fused-ring (bicyclic) bond motifs is 3. The third-order valence-electron chi connectivity index (χ3n) is 2.79. The molecule has 0 saturated heterocycles. The lowest BCUT2D eigenvalue weighted by Gasteiger charge is -2.51. The molecule has 0 aromatic carbocycles. The van der Waals surface area contributed by atoms with Crippen molar-refractivity contribution in [3.05, 3.63) is 23.3 Å². The first kappa shape index (κ1) is 3.49. The lowest BCUT2D eigenvalue weighted by molar-refractivity contribution is 0.376. The van der Waals surface area contributed by atoms with Crippen LogP contribution in [0.5, 0.6) is 0 Å². The number of hydrogen-bond acceptors (Lipinski definition) is 0. The fraction of sp³-hybridized carbons (Fsp3) is 0.500. The predicted octanol–water partition coefficient (Wildman–Crippen LogP) is 1.89. The van der Waals surface area contributed by atoms with E-state index >= 15 is 0 Å². The molecule has 2 atom stereocenters. The van der Waals surface area contributed by atoms with Gasteiger partial charge in [0.2, 0.25) is 0 Å². The van der Waals surface area contributed by atoms with Crippen molar-refractivity contribution in [1.29, 1.82) is 0 Å². The van der Waals surface area contributed by atoms with Crippen LogP contribution in [0.3, 0.4) is 0 Å². The van der Waals surface area contributed by atoms with Gasteiger partial charge in [-0.3, -0.25) is 0 Å². The highest BCUT2D eigenvalue weighted by Gasteiger charge is 2.45. The van der Waals surface area contributed by atoms with Crippen molar-refractivity contribution < 1.29 is 0 Å². The Balaban J connectivity index is 2.15. The van der Waals surface area contributed by atoms with Gasteiger partial charge in [-0.05, 0) is 12.8 Å². The van der Waals surface area contributed by atoms with Gasteiger partial charge in [-0.1, -0.05) is 23.3 Å². The van der Waals surface area contributed by atoms with Crippen LogP contribution in [0, 0.1) is 11.8 Å². The molecule has 3 aliphatic rings. The zero-order chi connectivity index (χ0) is 5.14. The Hall–Kier alpha value is -0.520. The fourth-order valence-electron chi connectivity index (χ4n) is 2.08. The number of rotatable bonds is 0. The van der Waals surface area contributed by atoms with Crippen molar-refractivity contribution in [2.24, 2.45) is 11.8 Å². The van der Waals surface area contributed by atoms with E-state index in [2.05, 4.69) is 12.2 Å². The van der Waals surface area contributed by atoms with E-state index in [4.69, 9.17) is 0 Å². The highest BCUT2D eigenvalue weighted by atomic mass is 14.5. The van der Waals surface area contributed by atoms with Crippen LogP contribution < -0.4 is 0 Å². The van der Waals surface area contributed by atoms with Crippen LogP contribution in [0.4, 0.5) is 0 Å². The molecule has 40 valence electrons. The van der Waals surface area contributed by atoms with E-state index in [0.29, 0.717) is 0 Å². The van der Waals surface area contributed by atoms with Gasteiger partial charge in [0.1, 0.15) is 0 Å². The third kappa shape index (κ3) is 0.169. The molecule has 0 amide bonds. The molecule has 0 radical (unpaired) electrons. The summed E-state index contributed by atoms with van der Waals surface area (Å²) in [4.78, 5) is 0. The molecule has 3 aliphatic carbocycles. The van der Waals surface area contributed by atoms with Gasteiger partial charge in [-0.15, -0.1) is 0 Å². The topological polar surface area (TPSA) is 0 Å². The highest BCUT2D eigenvalue weighted by Crippen LogP contribution is 2.58. The Morgan fingerprint density at radius 1 is 1.00 bits per heavy atom. The van der Waals surface area contributed by atoms with Crippen LogP contribution in [-0.4, -0.2) is 0 Å².